The molecule has 0 unspecified atom stereocenters. The molecule has 72 valence electrons. The maximum absolute atomic E-state index is 5.11. The number of methoxy groups -OCH3 is 2. The second kappa shape index (κ2) is 7.27. The van der Waals surface area contributed by atoms with Gasteiger partial charge in [0.05, 0.1) is 5.71 Å². The van der Waals surface area contributed by atoms with E-state index in [-0.39, 0.29) is 5.91 Å². The molecule has 12 heavy (non-hydrogen) atoms. The number of ether oxygens (including phenoxy) is 2. The van der Waals surface area contributed by atoms with E-state index in [2.05, 4.69) is 5.16 Å². The van der Waals surface area contributed by atoms with Gasteiger partial charge in [0.2, 0.25) is 0 Å². The first kappa shape index (κ1) is 11.6. The molecule has 0 spiro atoms. The van der Waals surface area contributed by atoms with E-state index >= 15 is 0 Å². The van der Waals surface area contributed by atoms with Gasteiger partial charge in [-0.2, -0.15) is 0 Å². The Bertz CT molecular complexity index is 137. The van der Waals surface area contributed by atoms with E-state index in [9.17, 15) is 0 Å². The lowest BCUT2D eigenvalue weighted by Gasteiger charge is -2.10. The minimum atomic E-state index is -0.859. The summed E-state index contributed by atoms with van der Waals surface area (Å²) in [5, 5.41) is 3.90. The first-order chi connectivity index (χ1) is 5.74. The van der Waals surface area contributed by atoms with E-state index in [1.54, 1.807) is 14.2 Å². The fraction of sp³-hybridized carbons (Fsp3) is 0.857. The summed E-state index contributed by atoms with van der Waals surface area (Å²) in [7, 11) is 2.34. The molecule has 0 amide bonds. The van der Waals surface area contributed by atoms with Crippen molar-refractivity contribution in [3.63, 3.8) is 0 Å². The Labute approximate surface area is 75.8 Å². The van der Waals surface area contributed by atoms with E-state index in [1.165, 1.54) is 0 Å². The Morgan fingerprint density at radius 3 is 2.42 bits per heavy atom. The summed E-state index contributed by atoms with van der Waals surface area (Å²) in [4.78, 5) is 0. The molecule has 0 atom stereocenters. The van der Waals surface area contributed by atoms with E-state index in [0.29, 0.717) is 0 Å². The van der Waals surface area contributed by atoms with Crippen molar-refractivity contribution in [2.45, 2.75) is 26.2 Å². The fourth-order valence-electron chi connectivity index (χ4n) is 0.505. The maximum Gasteiger partial charge on any atom is 0.316 e. The van der Waals surface area contributed by atoms with Crippen LogP contribution in [-0.4, -0.2) is 35.6 Å². The zero-order valence-corrected chi connectivity index (χ0v) is 9.58. The lowest BCUT2D eigenvalue weighted by Crippen LogP contribution is -2.22. The Hall–Kier alpha value is -0.393. The average molecular weight is 191 g/mol. The standard InChI is InChI=1S/C7H17NO3Si/c1-5-6(2)8-11-12-7(9-3)10-4/h7H,5,12H2,1-4H3. The molecule has 0 N–H and O–H groups in total. The van der Waals surface area contributed by atoms with Gasteiger partial charge in [-0.1, -0.05) is 6.92 Å². The van der Waals surface area contributed by atoms with Gasteiger partial charge in [0.25, 0.3) is 0 Å². The van der Waals surface area contributed by atoms with Crippen LogP contribution in [-0.2, 0) is 14.0 Å². The third-order valence-corrected chi connectivity index (χ3v) is 2.69. The van der Waals surface area contributed by atoms with Crippen LogP contribution < -0.4 is 0 Å². The van der Waals surface area contributed by atoms with Crippen molar-refractivity contribution in [2.24, 2.45) is 5.16 Å². The van der Waals surface area contributed by atoms with Crippen LogP contribution in [0.1, 0.15) is 20.3 Å². The van der Waals surface area contributed by atoms with Crippen LogP contribution >= 0.6 is 0 Å². The molecule has 0 bridgehead atoms. The summed E-state index contributed by atoms with van der Waals surface area (Å²) in [6.07, 6.45) is 0.916. The SMILES string of the molecule is CCC(C)=NO[SiH2]C(OC)OC. The van der Waals surface area contributed by atoms with E-state index < -0.39 is 9.76 Å². The predicted molar refractivity (Wildman–Crippen MR) is 50.8 cm³/mol. The molecule has 5 heteroatoms. The van der Waals surface area contributed by atoms with E-state index in [0.717, 1.165) is 12.1 Å². The van der Waals surface area contributed by atoms with Crippen molar-refractivity contribution in [2.75, 3.05) is 14.2 Å². The van der Waals surface area contributed by atoms with Crippen molar-refractivity contribution in [3.05, 3.63) is 0 Å². The van der Waals surface area contributed by atoms with Gasteiger partial charge < -0.3 is 14.0 Å². The molecule has 0 aromatic rings. The second-order valence-corrected chi connectivity index (χ2v) is 3.64. The van der Waals surface area contributed by atoms with Crippen molar-refractivity contribution in [3.8, 4) is 0 Å². The van der Waals surface area contributed by atoms with Crippen LogP contribution in [0.2, 0.25) is 0 Å². The molecule has 0 aliphatic rings. The maximum atomic E-state index is 5.11. The molecule has 0 saturated heterocycles. The molecule has 0 aliphatic heterocycles. The number of hydrogen-bond acceptors (Lipinski definition) is 4. The number of rotatable bonds is 6. The zero-order valence-electron chi connectivity index (χ0n) is 8.16. The van der Waals surface area contributed by atoms with Crippen LogP contribution in [0.15, 0.2) is 5.16 Å². The summed E-state index contributed by atoms with van der Waals surface area (Å²) in [6.45, 7) is 3.97. The predicted octanol–water partition coefficient (Wildman–Crippen LogP) is 0.449. The van der Waals surface area contributed by atoms with Gasteiger partial charge in [-0.05, 0) is 13.3 Å². The highest BCUT2D eigenvalue weighted by Crippen LogP contribution is 1.91. The smallest absolute Gasteiger partial charge is 0.316 e. The molecule has 0 saturated carbocycles. The Kier molecular flexibility index (Phi) is 7.03. The Balaban J connectivity index is 3.53. The summed E-state index contributed by atoms with van der Waals surface area (Å²) in [6, 6.07) is 0. The minimum Gasteiger partial charge on any atom is -0.457 e. The molecule has 0 rings (SSSR count). The highest BCUT2D eigenvalue weighted by Gasteiger charge is 2.06. The van der Waals surface area contributed by atoms with Crippen molar-refractivity contribution in [1.82, 2.24) is 0 Å². The van der Waals surface area contributed by atoms with Gasteiger partial charge >= 0.3 is 9.76 Å². The largest absolute Gasteiger partial charge is 0.457 e. The van der Waals surface area contributed by atoms with Crippen molar-refractivity contribution in [1.29, 1.82) is 0 Å². The molecule has 0 radical (unpaired) electrons. The second-order valence-electron chi connectivity index (χ2n) is 2.38. The van der Waals surface area contributed by atoms with Crippen molar-refractivity contribution >= 4 is 15.5 Å². The van der Waals surface area contributed by atoms with Crippen molar-refractivity contribution < 1.29 is 14.0 Å². The van der Waals surface area contributed by atoms with Gasteiger partial charge in [-0.25, -0.2) is 0 Å². The highest BCUT2D eigenvalue weighted by molar-refractivity contribution is 6.28. The lowest BCUT2D eigenvalue weighted by molar-refractivity contribution is -0.0526. The third-order valence-electron chi connectivity index (χ3n) is 1.47. The van der Waals surface area contributed by atoms with Crippen LogP contribution in [0.25, 0.3) is 0 Å². The fourth-order valence-corrected chi connectivity index (χ4v) is 1.19. The molecule has 0 aromatic heterocycles. The first-order valence-electron chi connectivity index (χ1n) is 3.95. The van der Waals surface area contributed by atoms with E-state index in [4.69, 9.17) is 14.0 Å². The molecule has 0 heterocycles. The summed E-state index contributed by atoms with van der Waals surface area (Å²) in [5.74, 6) is -0.196. The first-order valence-corrected chi connectivity index (χ1v) is 5.35. The minimum absolute atomic E-state index is 0.196. The lowest BCUT2D eigenvalue weighted by atomic mass is 10.3. The Morgan fingerprint density at radius 1 is 1.42 bits per heavy atom. The molecule has 0 aromatic carbocycles. The summed E-state index contributed by atoms with van der Waals surface area (Å²) >= 11 is 0. The van der Waals surface area contributed by atoms with Gasteiger partial charge in [-0.15, -0.1) is 5.16 Å². The van der Waals surface area contributed by atoms with Crippen LogP contribution in [0.3, 0.4) is 0 Å². The van der Waals surface area contributed by atoms with Crippen LogP contribution in [0.5, 0.6) is 0 Å². The molecular weight excluding hydrogens is 174 g/mol. The van der Waals surface area contributed by atoms with Gasteiger partial charge in [0.15, 0.2) is 5.91 Å². The average Bonchev–Trinajstić information content (AvgIpc) is 2.12. The summed E-state index contributed by atoms with van der Waals surface area (Å²) in [5.41, 5.74) is 0.994. The van der Waals surface area contributed by atoms with Crippen LogP contribution in [0, 0.1) is 0 Å². The molecule has 4 nitrogen and oxygen atoms in total. The normalized spacial score (nSPS) is 13.2. The topological polar surface area (TPSA) is 40.0 Å². The van der Waals surface area contributed by atoms with Crippen LogP contribution in [0.4, 0.5) is 0 Å². The number of nitrogens with zero attached hydrogens (tertiary/aromatic N) is 1. The zero-order chi connectivity index (χ0) is 9.40. The molecule has 0 aliphatic carbocycles. The summed E-state index contributed by atoms with van der Waals surface area (Å²) < 4.78 is 15.0. The Morgan fingerprint density at radius 2 is 2.00 bits per heavy atom. The van der Waals surface area contributed by atoms with Gasteiger partial charge in [0, 0.05) is 14.2 Å². The van der Waals surface area contributed by atoms with Gasteiger partial charge in [-0.3, -0.25) is 0 Å². The third kappa shape index (κ3) is 5.28. The monoisotopic (exact) mass is 191 g/mol. The highest BCUT2D eigenvalue weighted by atomic mass is 28.2. The van der Waals surface area contributed by atoms with E-state index in [1.807, 2.05) is 13.8 Å². The molecular formula is C7H17NO3Si. The van der Waals surface area contributed by atoms with Gasteiger partial charge in [0.1, 0.15) is 0 Å². The quantitative estimate of drug-likeness (QED) is 0.265. The number of oxime groups is 1. The molecule has 0 fully saturated rings. The number of hydrogen-bond donors (Lipinski definition) is 0.